The van der Waals surface area contributed by atoms with E-state index < -0.39 is 5.97 Å². The second-order valence-electron chi connectivity index (χ2n) is 3.36. The molecule has 0 radical (unpaired) electrons. The van der Waals surface area contributed by atoms with Crippen LogP contribution in [-0.4, -0.2) is 16.1 Å². The molecule has 1 aromatic carbocycles. The van der Waals surface area contributed by atoms with Crippen molar-refractivity contribution in [3.63, 3.8) is 0 Å². The van der Waals surface area contributed by atoms with Crippen LogP contribution < -0.4 is 0 Å². The third kappa shape index (κ3) is 1.44. The van der Waals surface area contributed by atoms with Gasteiger partial charge >= 0.3 is 5.97 Å². The van der Waals surface area contributed by atoms with Crippen molar-refractivity contribution in [1.29, 1.82) is 5.26 Å². The number of benzene rings is 1. The van der Waals surface area contributed by atoms with Gasteiger partial charge in [0.2, 0.25) is 0 Å². The minimum absolute atomic E-state index is 0.137. The summed E-state index contributed by atoms with van der Waals surface area (Å²) in [5.41, 5.74) is 2.10. The first kappa shape index (κ1) is 9.28. The second-order valence-corrected chi connectivity index (χ2v) is 3.36. The van der Waals surface area contributed by atoms with Gasteiger partial charge in [0, 0.05) is 11.1 Å². The Labute approximate surface area is 85.8 Å². The third-order valence-electron chi connectivity index (χ3n) is 2.23. The molecular formula is C11H8N2O2. The third-order valence-corrected chi connectivity index (χ3v) is 2.23. The lowest BCUT2D eigenvalue weighted by molar-refractivity contribution is 0.0697. The van der Waals surface area contributed by atoms with Crippen molar-refractivity contribution < 1.29 is 9.90 Å². The van der Waals surface area contributed by atoms with E-state index in [1.165, 1.54) is 6.07 Å². The van der Waals surface area contributed by atoms with E-state index in [-0.39, 0.29) is 5.56 Å². The fourth-order valence-corrected chi connectivity index (χ4v) is 1.60. The van der Waals surface area contributed by atoms with Gasteiger partial charge in [-0.15, -0.1) is 0 Å². The zero-order chi connectivity index (χ0) is 11.0. The number of nitriles is 1. The molecule has 2 N–H and O–H groups in total. The van der Waals surface area contributed by atoms with Crippen LogP contribution in [0, 0.1) is 18.3 Å². The zero-order valence-electron chi connectivity index (χ0n) is 8.03. The number of H-pyrrole nitrogens is 1. The second kappa shape index (κ2) is 3.14. The first-order chi connectivity index (χ1) is 7.11. The van der Waals surface area contributed by atoms with Crippen molar-refractivity contribution in [1.82, 2.24) is 4.98 Å². The van der Waals surface area contributed by atoms with Gasteiger partial charge in [-0.2, -0.15) is 5.26 Å². The number of nitrogens with zero attached hydrogens (tertiary/aromatic N) is 1. The van der Waals surface area contributed by atoms with E-state index >= 15 is 0 Å². The summed E-state index contributed by atoms with van der Waals surface area (Å²) >= 11 is 0. The Morgan fingerprint density at radius 2 is 2.20 bits per heavy atom. The Morgan fingerprint density at radius 1 is 1.47 bits per heavy atom. The summed E-state index contributed by atoms with van der Waals surface area (Å²) in [5, 5.41) is 18.5. The van der Waals surface area contributed by atoms with Gasteiger partial charge in [0.05, 0.1) is 16.6 Å². The van der Waals surface area contributed by atoms with Gasteiger partial charge < -0.3 is 10.1 Å². The van der Waals surface area contributed by atoms with Crippen LogP contribution >= 0.6 is 0 Å². The molecule has 15 heavy (non-hydrogen) atoms. The molecular weight excluding hydrogens is 192 g/mol. The average molecular weight is 200 g/mol. The van der Waals surface area contributed by atoms with Crippen LogP contribution in [-0.2, 0) is 0 Å². The molecule has 1 heterocycles. The first-order valence-electron chi connectivity index (χ1n) is 4.38. The lowest BCUT2D eigenvalue weighted by Gasteiger charge is -1.97. The Bertz CT molecular complexity index is 590. The van der Waals surface area contributed by atoms with Gasteiger partial charge in [0.15, 0.2) is 0 Å². The van der Waals surface area contributed by atoms with E-state index in [1.54, 1.807) is 6.07 Å². The van der Waals surface area contributed by atoms with E-state index in [2.05, 4.69) is 4.98 Å². The number of fused-ring (bicyclic) bond motifs is 1. The molecule has 0 saturated carbocycles. The van der Waals surface area contributed by atoms with Gasteiger partial charge in [-0.3, -0.25) is 0 Å². The number of carboxylic acid groups (broad SMARTS) is 1. The zero-order valence-corrected chi connectivity index (χ0v) is 8.03. The van der Waals surface area contributed by atoms with Crippen LogP contribution in [0.15, 0.2) is 18.2 Å². The molecule has 0 atom stereocenters. The Kier molecular flexibility index (Phi) is 1.94. The van der Waals surface area contributed by atoms with E-state index in [0.29, 0.717) is 11.1 Å². The van der Waals surface area contributed by atoms with Crippen molar-refractivity contribution in [2.45, 2.75) is 6.92 Å². The largest absolute Gasteiger partial charge is 0.478 e. The lowest BCUT2D eigenvalue weighted by Crippen LogP contribution is -1.96. The fraction of sp³-hybridized carbons (Fsp3) is 0.0909. The molecule has 4 nitrogen and oxygen atoms in total. The van der Waals surface area contributed by atoms with E-state index in [4.69, 9.17) is 10.4 Å². The Balaban J connectivity index is 2.83. The highest BCUT2D eigenvalue weighted by Gasteiger charge is 2.10. The van der Waals surface area contributed by atoms with Gasteiger partial charge in [0.25, 0.3) is 0 Å². The van der Waals surface area contributed by atoms with Gasteiger partial charge in [0.1, 0.15) is 6.07 Å². The van der Waals surface area contributed by atoms with Gasteiger partial charge in [-0.1, -0.05) is 0 Å². The van der Waals surface area contributed by atoms with Crippen molar-refractivity contribution in [2.75, 3.05) is 0 Å². The van der Waals surface area contributed by atoms with Crippen LogP contribution in [0.2, 0.25) is 0 Å². The maximum atomic E-state index is 10.8. The highest BCUT2D eigenvalue weighted by Crippen LogP contribution is 2.21. The summed E-state index contributed by atoms with van der Waals surface area (Å²) in [6.07, 6.45) is 0. The molecule has 0 unspecified atom stereocenters. The number of nitrogens with one attached hydrogen (secondary N) is 1. The maximum Gasteiger partial charge on any atom is 0.335 e. The van der Waals surface area contributed by atoms with Crippen LogP contribution in [0.25, 0.3) is 10.9 Å². The highest BCUT2D eigenvalue weighted by molar-refractivity contribution is 5.96. The van der Waals surface area contributed by atoms with Crippen LogP contribution in [0.5, 0.6) is 0 Å². The number of hydrogen-bond acceptors (Lipinski definition) is 2. The van der Waals surface area contributed by atoms with E-state index in [0.717, 1.165) is 11.1 Å². The van der Waals surface area contributed by atoms with Gasteiger partial charge in [-0.25, -0.2) is 4.79 Å². The molecule has 0 spiro atoms. The number of aromatic carboxylic acids is 1. The van der Waals surface area contributed by atoms with Crippen molar-refractivity contribution in [3.05, 3.63) is 35.0 Å². The molecule has 0 fully saturated rings. The summed E-state index contributed by atoms with van der Waals surface area (Å²) in [4.78, 5) is 13.8. The van der Waals surface area contributed by atoms with Crippen LogP contribution in [0.4, 0.5) is 0 Å². The highest BCUT2D eigenvalue weighted by atomic mass is 16.4. The number of aromatic amines is 1. The van der Waals surface area contributed by atoms with Crippen LogP contribution in [0.3, 0.4) is 0 Å². The molecule has 0 aliphatic carbocycles. The standard InChI is InChI=1S/C11H8N2O2/c1-6-2-7-3-8(11(14)15)4-9(5-12)10(7)13-6/h2-4,13H,1H3,(H,14,15). The fourth-order valence-electron chi connectivity index (χ4n) is 1.60. The predicted octanol–water partition coefficient (Wildman–Crippen LogP) is 2.05. The molecule has 0 aliphatic rings. The van der Waals surface area contributed by atoms with E-state index in [1.807, 2.05) is 19.1 Å². The molecule has 74 valence electrons. The van der Waals surface area contributed by atoms with Crippen molar-refractivity contribution in [2.24, 2.45) is 0 Å². The lowest BCUT2D eigenvalue weighted by atomic mass is 10.1. The van der Waals surface area contributed by atoms with Crippen LogP contribution in [0.1, 0.15) is 21.6 Å². The molecule has 4 heteroatoms. The van der Waals surface area contributed by atoms with Gasteiger partial charge in [-0.05, 0) is 25.1 Å². The summed E-state index contributed by atoms with van der Waals surface area (Å²) in [6.45, 7) is 1.86. The first-order valence-corrected chi connectivity index (χ1v) is 4.38. The van der Waals surface area contributed by atoms with Crippen molar-refractivity contribution in [3.8, 4) is 6.07 Å². The summed E-state index contributed by atoms with van der Waals surface area (Å²) in [7, 11) is 0. The summed E-state index contributed by atoms with van der Waals surface area (Å²) in [5.74, 6) is -1.02. The number of carboxylic acids is 1. The Morgan fingerprint density at radius 3 is 2.80 bits per heavy atom. The number of rotatable bonds is 1. The monoisotopic (exact) mass is 200 g/mol. The molecule has 1 aromatic heterocycles. The predicted molar refractivity (Wildman–Crippen MR) is 54.7 cm³/mol. The molecule has 0 saturated heterocycles. The smallest absolute Gasteiger partial charge is 0.335 e. The minimum atomic E-state index is -1.02. The summed E-state index contributed by atoms with van der Waals surface area (Å²) < 4.78 is 0. The normalized spacial score (nSPS) is 10.1. The number of aromatic nitrogens is 1. The number of aryl methyl sites for hydroxylation is 1. The molecule has 0 bridgehead atoms. The molecule has 0 amide bonds. The quantitative estimate of drug-likeness (QED) is 0.739. The van der Waals surface area contributed by atoms with Crippen molar-refractivity contribution >= 4 is 16.9 Å². The summed E-state index contributed by atoms with van der Waals surface area (Å²) in [6, 6.07) is 6.74. The number of carbonyl (C=O) groups is 1. The minimum Gasteiger partial charge on any atom is -0.478 e. The SMILES string of the molecule is Cc1cc2cc(C(=O)O)cc(C#N)c2[nH]1. The number of hydrogen-bond donors (Lipinski definition) is 2. The molecule has 2 rings (SSSR count). The molecule has 0 aliphatic heterocycles. The average Bonchev–Trinajstić information content (AvgIpc) is 2.56. The maximum absolute atomic E-state index is 10.8. The molecule has 2 aromatic rings. The van der Waals surface area contributed by atoms with E-state index in [9.17, 15) is 4.79 Å². The Hall–Kier alpha value is -2.28. The topological polar surface area (TPSA) is 76.9 Å².